The van der Waals surface area contributed by atoms with Crippen LogP contribution < -0.4 is 11.1 Å². The highest BCUT2D eigenvalue weighted by Gasteiger charge is 2.17. The molecule has 0 fully saturated rings. The van der Waals surface area contributed by atoms with Crippen molar-refractivity contribution in [2.24, 2.45) is 5.73 Å². The molecule has 0 saturated carbocycles. The number of nitrogens with zero attached hydrogens (tertiary/aromatic N) is 1. The van der Waals surface area contributed by atoms with Crippen LogP contribution in [0, 0.1) is 10.1 Å². The van der Waals surface area contributed by atoms with E-state index in [9.17, 15) is 14.9 Å². The Kier molecular flexibility index (Phi) is 4.26. The van der Waals surface area contributed by atoms with Crippen LogP contribution in [0.15, 0.2) is 18.2 Å². The monoisotopic (exact) mass is 271 g/mol. The van der Waals surface area contributed by atoms with Crippen molar-refractivity contribution in [2.75, 3.05) is 5.32 Å². The zero-order valence-electron chi connectivity index (χ0n) is 10.1. The van der Waals surface area contributed by atoms with Gasteiger partial charge in [-0.05, 0) is 19.9 Å². The normalized spacial score (nSPS) is 11.1. The second kappa shape index (κ2) is 5.32. The molecule has 0 bridgehead atoms. The predicted molar refractivity (Wildman–Crippen MR) is 69.6 cm³/mol. The minimum absolute atomic E-state index is 0.118. The number of carbonyl (C=O) groups excluding carboxylic acids is 1. The molecule has 0 atom stereocenters. The number of nitrogens with two attached hydrogens (primary N) is 1. The number of carbonyl (C=O) groups is 1. The molecule has 0 radical (unpaired) electrons. The average molecular weight is 272 g/mol. The van der Waals surface area contributed by atoms with E-state index in [4.69, 9.17) is 17.3 Å². The lowest BCUT2D eigenvalue weighted by molar-refractivity contribution is -0.384. The minimum atomic E-state index is -0.628. The van der Waals surface area contributed by atoms with E-state index < -0.39 is 10.5 Å². The van der Waals surface area contributed by atoms with Gasteiger partial charge in [0.1, 0.15) is 0 Å². The molecule has 0 spiro atoms. The molecule has 98 valence electrons. The quantitative estimate of drug-likeness (QED) is 0.648. The average Bonchev–Trinajstić information content (AvgIpc) is 2.17. The molecule has 7 heteroatoms. The summed E-state index contributed by atoms with van der Waals surface area (Å²) in [7, 11) is 0. The summed E-state index contributed by atoms with van der Waals surface area (Å²) in [5.41, 5.74) is 5.28. The highest BCUT2D eigenvalue weighted by Crippen LogP contribution is 2.26. The molecule has 1 amide bonds. The predicted octanol–water partition coefficient (Wildman–Crippen LogP) is 2.31. The van der Waals surface area contributed by atoms with Gasteiger partial charge >= 0.3 is 0 Å². The van der Waals surface area contributed by atoms with Gasteiger partial charge in [0.05, 0.1) is 15.6 Å². The summed E-state index contributed by atoms with van der Waals surface area (Å²) >= 11 is 5.84. The van der Waals surface area contributed by atoms with Gasteiger partial charge in [-0.3, -0.25) is 14.9 Å². The second-order valence-electron chi connectivity index (χ2n) is 4.63. The van der Waals surface area contributed by atoms with Crippen molar-refractivity contribution in [3.63, 3.8) is 0 Å². The van der Waals surface area contributed by atoms with E-state index in [1.807, 2.05) is 0 Å². The number of halogens is 1. The topological polar surface area (TPSA) is 98.3 Å². The van der Waals surface area contributed by atoms with Gasteiger partial charge in [-0.1, -0.05) is 11.6 Å². The molecule has 18 heavy (non-hydrogen) atoms. The number of amides is 1. The number of nitro benzene ring substituents is 1. The number of anilines is 1. The lowest BCUT2D eigenvalue weighted by Gasteiger charge is -2.17. The Bertz CT molecular complexity index is 483. The molecule has 0 saturated heterocycles. The Morgan fingerprint density at radius 2 is 2.17 bits per heavy atom. The lowest BCUT2D eigenvalue weighted by atomic mass is 10.0. The largest absolute Gasteiger partial charge is 0.325 e. The van der Waals surface area contributed by atoms with Crippen LogP contribution in [0.2, 0.25) is 5.02 Å². The third-order valence-corrected chi connectivity index (χ3v) is 2.37. The Hall–Kier alpha value is -1.66. The van der Waals surface area contributed by atoms with E-state index in [1.54, 1.807) is 13.8 Å². The number of hydrogen-bond acceptors (Lipinski definition) is 4. The van der Waals surface area contributed by atoms with E-state index in [-0.39, 0.29) is 23.0 Å². The molecule has 1 rings (SSSR count). The number of nitro groups is 1. The van der Waals surface area contributed by atoms with Crippen molar-refractivity contribution in [1.29, 1.82) is 0 Å². The van der Waals surface area contributed by atoms with Crippen LogP contribution in [0.4, 0.5) is 11.4 Å². The number of rotatable bonds is 4. The molecule has 0 aliphatic carbocycles. The number of hydrogen-bond donors (Lipinski definition) is 2. The van der Waals surface area contributed by atoms with Gasteiger partial charge in [0.2, 0.25) is 5.91 Å². The summed E-state index contributed by atoms with van der Waals surface area (Å²) in [6, 6.07) is 3.85. The minimum Gasteiger partial charge on any atom is -0.325 e. The maximum Gasteiger partial charge on any atom is 0.271 e. The molecule has 3 N–H and O–H groups in total. The lowest BCUT2D eigenvalue weighted by Crippen LogP contribution is -2.36. The van der Waals surface area contributed by atoms with Gasteiger partial charge in [0.15, 0.2) is 0 Å². The van der Waals surface area contributed by atoms with Crippen molar-refractivity contribution >= 4 is 28.9 Å². The third kappa shape index (κ3) is 4.31. The van der Waals surface area contributed by atoms with Gasteiger partial charge in [0, 0.05) is 24.1 Å². The smallest absolute Gasteiger partial charge is 0.271 e. The molecule has 0 aromatic heterocycles. The van der Waals surface area contributed by atoms with Crippen LogP contribution in [0.1, 0.15) is 20.3 Å². The van der Waals surface area contributed by atoms with E-state index in [0.29, 0.717) is 5.69 Å². The Balaban J connectivity index is 2.80. The molecular formula is C11H14ClN3O3. The van der Waals surface area contributed by atoms with Crippen molar-refractivity contribution in [2.45, 2.75) is 25.8 Å². The van der Waals surface area contributed by atoms with E-state index >= 15 is 0 Å². The first-order valence-electron chi connectivity index (χ1n) is 5.22. The van der Waals surface area contributed by atoms with Crippen molar-refractivity contribution < 1.29 is 9.72 Å². The first kappa shape index (κ1) is 14.4. The summed E-state index contributed by atoms with van der Waals surface area (Å²) in [6.45, 7) is 3.45. The maximum absolute atomic E-state index is 11.6. The molecule has 1 aromatic carbocycles. The van der Waals surface area contributed by atoms with Gasteiger partial charge < -0.3 is 11.1 Å². The van der Waals surface area contributed by atoms with Crippen LogP contribution in [-0.4, -0.2) is 16.4 Å². The third-order valence-electron chi connectivity index (χ3n) is 2.05. The SMILES string of the molecule is CC(C)(N)CC(=O)Nc1ccc([N+](=O)[O-])cc1Cl. The highest BCUT2D eigenvalue weighted by molar-refractivity contribution is 6.33. The van der Waals surface area contributed by atoms with E-state index in [0.717, 1.165) is 0 Å². The molecule has 0 aliphatic heterocycles. The van der Waals surface area contributed by atoms with Crippen molar-refractivity contribution in [1.82, 2.24) is 0 Å². The van der Waals surface area contributed by atoms with Crippen LogP contribution in [0.5, 0.6) is 0 Å². The Morgan fingerprint density at radius 3 is 2.61 bits per heavy atom. The van der Waals surface area contributed by atoms with Crippen LogP contribution in [0.25, 0.3) is 0 Å². The fourth-order valence-electron chi connectivity index (χ4n) is 1.33. The Labute approximate surface area is 109 Å². The fourth-order valence-corrected chi connectivity index (χ4v) is 1.55. The van der Waals surface area contributed by atoms with Crippen LogP contribution in [0.3, 0.4) is 0 Å². The first-order chi connectivity index (χ1) is 8.19. The summed E-state index contributed by atoms with van der Waals surface area (Å²) in [5, 5.41) is 13.2. The van der Waals surface area contributed by atoms with Gasteiger partial charge in [0.25, 0.3) is 5.69 Å². The molecule has 0 aliphatic rings. The molecular weight excluding hydrogens is 258 g/mol. The summed E-state index contributed by atoms with van der Waals surface area (Å²) in [5.74, 6) is -0.293. The highest BCUT2D eigenvalue weighted by atomic mass is 35.5. The van der Waals surface area contributed by atoms with Gasteiger partial charge in [-0.25, -0.2) is 0 Å². The molecule has 6 nitrogen and oxygen atoms in total. The van der Waals surface area contributed by atoms with Gasteiger partial charge in [-0.2, -0.15) is 0 Å². The van der Waals surface area contributed by atoms with E-state index in [1.165, 1.54) is 18.2 Å². The zero-order valence-corrected chi connectivity index (χ0v) is 10.8. The van der Waals surface area contributed by atoms with E-state index in [2.05, 4.69) is 5.32 Å². The fraction of sp³-hybridized carbons (Fsp3) is 0.364. The summed E-state index contributed by atoms with van der Waals surface area (Å²) in [6.07, 6.45) is 0.125. The summed E-state index contributed by atoms with van der Waals surface area (Å²) < 4.78 is 0. The summed E-state index contributed by atoms with van der Waals surface area (Å²) in [4.78, 5) is 21.6. The molecule has 0 heterocycles. The van der Waals surface area contributed by atoms with Crippen LogP contribution >= 0.6 is 11.6 Å². The molecule has 0 unspecified atom stereocenters. The van der Waals surface area contributed by atoms with Crippen molar-refractivity contribution in [3.05, 3.63) is 33.3 Å². The number of non-ortho nitro benzene ring substituents is 1. The molecule has 1 aromatic rings. The second-order valence-corrected chi connectivity index (χ2v) is 5.04. The standard InChI is InChI=1S/C11H14ClN3O3/c1-11(2,13)6-10(16)14-9-4-3-7(15(17)18)5-8(9)12/h3-5H,6,13H2,1-2H3,(H,14,16). The zero-order chi connectivity index (χ0) is 13.9. The van der Waals surface area contributed by atoms with Crippen LogP contribution in [-0.2, 0) is 4.79 Å². The number of benzene rings is 1. The maximum atomic E-state index is 11.6. The number of nitrogens with one attached hydrogen (secondary N) is 1. The Morgan fingerprint density at radius 1 is 1.56 bits per heavy atom. The van der Waals surface area contributed by atoms with Crippen molar-refractivity contribution in [3.8, 4) is 0 Å². The van der Waals surface area contributed by atoms with Gasteiger partial charge in [-0.15, -0.1) is 0 Å². The first-order valence-corrected chi connectivity index (χ1v) is 5.59.